The molecule has 0 radical (unpaired) electrons. The molecule has 0 aromatic carbocycles. The minimum Gasteiger partial charge on any atom is -0.338 e. The standard InChI is InChI=1S/C12H17ClN2OS/c1-8-11(17-9(2)14-8)12(16)15-5-3-4-10(6-13)7-15/h10H,3-7H2,1-2H3. The van der Waals surface area contributed by atoms with Gasteiger partial charge in [0.05, 0.1) is 10.7 Å². The molecule has 0 spiro atoms. The maximum absolute atomic E-state index is 12.3. The Bertz CT molecular complexity index is 419. The number of alkyl halides is 1. The summed E-state index contributed by atoms with van der Waals surface area (Å²) in [6.45, 7) is 5.48. The number of carbonyl (C=O) groups excluding carboxylic acids is 1. The second-order valence-electron chi connectivity index (χ2n) is 4.56. The van der Waals surface area contributed by atoms with Crippen LogP contribution < -0.4 is 0 Å². The Morgan fingerprint density at radius 2 is 2.35 bits per heavy atom. The third-order valence-electron chi connectivity index (χ3n) is 3.12. The second-order valence-corrected chi connectivity index (χ2v) is 6.07. The molecule has 1 atom stereocenters. The van der Waals surface area contributed by atoms with Gasteiger partial charge in [0.15, 0.2) is 0 Å². The van der Waals surface area contributed by atoms with Crippen LogP contribution in [0.15, 0.2) is 0 Å². The normalized spacial score (nSPS) is 20.6. The summed E-state index contributed by atoms with van der Waals surface area (Å²) < 4.78 is 0. The zero-order chi connectivity index (χ0) is 12.4. The quantitative estimate of drug-likeness (QED) is 0.776. The highest BCUT2D eigenvalue weighted by atomic mass is 35.5. The lowest BCUT2D eigenvalue weighted by Gasteiger charge is -2.31. The lowest BCUT2D eigenvalue weighted by Crippen LogP contribution is -2.40. The van der Waals surface area contributed by atoms with Crippen LogP contribution in [0.25, 0.3) is 0 Å². The van der Waals surface area contributed by atoms with Crippen LogP contribution in [0.3, 0.4) is 0 Å². The minimum absolute atomic E-state index is 0.128. The number of hydrogen-bond donors (Lipinski definition) is 0. The molecule has 1 aromatic rings. The van der Waals surface area contributed by atoms with E-state index in [-0.39, 0.29) is 5.91 Å². The zero-order valence-electron chi connectivity index (χ0n) is 10.2. The molecule has 1 aromatic heterocycles. The Kier molecular flexibility index (Phi) is 4.05. The van der Waals surface area contributed by atoms with Crippen LogP contribution in [0.2, 0.25) is 0 Å². The fourth-order valence-corrected chi connectivity index (χ4v) is 3.39. The van der Waals surface area contributed by atoms with Crippen molar-refractivity contribution in [2.24, 2.45) is 5.92 Å². The van der Waals surface area contributed by atoms with Crippen molar-refractivity contribution in [1.29, 1.82) is 0 Å². The van der Waals surface area contributed by atoms with E-state index in [0.29, 0.717) is 11.8 Å². The van der Waals surface area contributed by atoms with Crippen LogP contribution in [0.5, 0.6) is 0 Å². The molecule has 2 rings (SSSR count). The molecular formula is C12H17ClN2OS. The van der Waals surface area contributed by atoms with Gasteiger partial charge in [0.25, 0.3) is 5.91 Å². The van der Waals surface area contributed by atoms with Gasteiger partial charge in [-0.05, 0) is 32.6 Å². The van der Waals surface area contributed by atoms with Gasteiger partial charge in [-0.2, -0.15) is 0 Å². The topological polar surface area (TPSA) is 33.2 Å². The van der Waals surface area contributed by atoms with Gasteiger partial charge in [-0.3, -0.25) is 4.79 Å². The van der Waals surface area contributed by atoms with Crippen LogP contribution in [-0.4, -0.2) is 34.8 Å². The molecule has 1 fully saturated rings. The van der Waals surface area contributed by atoms with Gasteiger partial charge in [-0.1, -0.05) is 0 Å². The Balaban J connectivity index is 2.12. The summed E-state index contributed by atoms with van der Waals surface area (Å²) in [4.78, 5) is 19.4. The third-order valence-corrected chi connectivity index (χ3v) is 4.62. The Morgan fingerprint density at radius 3 is 2.94 bits per heavy atom. The average Bonchev–Trinajstić information content (AvgIpc) is 2.67. The highest BCUT2D eigenvalue weighted by molar-refractivity contribution is 7.13. The van der Waals surface area contributed by atoms with Crippen LogP contribution in [-0.2, 0) is 0 Å². The number of carbonyl (C=O) groups is 1. The van der Waals surface area contributed by atoms with E-state index < -0.39 is 0 Å². The third kappa shape index (κ3) is 2.80. The number of halogens is 1. The van der Waals surface area contributed by atoms with Crippen molar-refractivity contribution in [1.82, 2.24) is 9.88 Å². The average molecular weight is 273 g/mol. The smallest absolute Gasteiger partial charge is 0.265 e. The molecule has 1 aliphatic heterocycles. The summed E-state index contributed by atoms with van der Waals surface area (Å²) in [5, 5.41) is 0.955. The van der Waals surface area contributed by atoms with Gasteiger partial charge in [-0.25, -0.2) is 4.98 Å². The predicted molar refractivity (Wildman–Crippen MR) is 70.9 cm³/mol. The van der Waals surface area contributed by atoms with Crippen molar-refractivity contribution in [2.75, 3.05) is 19.0 Å². The van der Waals surface area contributed by atoms with Crippen molar-refractivity contribution in [3.05, 3.63) is 15.6 Å². The number of hydrogen-bond acceptors (Lipinski definition) is 3. The maximum atomic E-state index is 12.3. The van der Waals surface area contributed by atoms with E-state index in [0.717, 1.165) is 41.5 Å². The maximum Gasteiger partial charge on any atom is 0.265 e. The van der Waals surface area contributed by atoms with E-state index in [4.69, 9.17) is 11.6 Å². The molecular weight excluding hydrogens is 256 g/mol. The highest BCUT2D eigenvalue weighted by Gasteiger charge is 2.26. The molecule has 2 heterocycles. The zero-order valence-corrected chi connectivity index (χ0v) is 11.8. The van der Waals surface area contributed by atoms with E-state index in [1.54, 1.807) is 0 Å². The largest absolute Gasteiger partial charge is 0.338 e. The number of rotatable bonds is 2. The molecule has 1 amide bonds. The van der Waals surface area contributed by atoms with Gasteiger partial charge >= 0.3 is 0 Å². The number of aromatic nitrogens is 1. The van der Waals surface area contributed by atoms with Gasteiger partial charge < -0.3 is 4.90 Å². The lowest BCUT2D eigenvalue weighted by atomic mass is 10.00. The van der Waals surface area contributed by atoms with Crippen LogP contribution in [0, 0.1) is 19.8 Å². The molecule has 0 N–H and O–H groups in total. The number of thiazole rings is 1. The van der Waals surface area contributed by atoms with Crippen LogP contribution in [0.1, 0.15) is 33.2 Å². The number of likely N-dealkylation sites (tertiary alicyclic amines) is 1. The van der Waals surface area contributed by atoms with Gasteiger partial charge in [-0.15, -0.1) is 22.9 Å². The number of amides is 1. The summed E-state index contributed by atoms with van der Waals surface area (Å²) >= 11 is 7.37. The van der Waals surface area contributed by atoms with E-state index in [1.807, 2.05) is 18.7 Å². The SMILES string of the molecule is Cc1nc(C)c(C(=O)N2CCCC(CCl)C2)s1. The number of nitrogens with zero attached hydrogens (tertiary/aromatic N) is 2. The Morgan fingerprint density at radius 1 is 1.59 bits per heavy atom. The predicted octanol–water partition coefficient (Wildman–Crippen LogP) is 2.85. The first-order chi connectivity index (χ1) is 8.11. The molecule has 3 nitrogen and oxygen atoms in total. The summed E-state index contributed by atoms with van der Waals surface area (Å²) in [5.41, 5.74) is 0.852. The first kappa shape index (κ1) is 12.8. The molecule has 94 valence electrons. The summed E-state index contributed by atoms with van der Waals surface area (Å²) in [5.74, 6) is 1.22. The molecule has 0 bridgehead atoms. The fraction of sp³-hybridized carbons (Fsp3) is 0.667. The summed E-state index contributed by atoms with van der Waals surface area (Å²) in [6, 6.07) is 0. The second kappa shape index (κ2) is 5.36. The van der Waals surface area contributed by atoms with E-state index in [9.17, 15) is 4.79 Å². The van der Waals surface area contributed by atoms with Crippen molar-refractivity contribution < 1.29 is 4.79 Å². The molecule has 0 aliphatic carbocycles. The number of aryl methyl sites for hydroxylation is 2. The minimum atomic E-state index is 0.128. The lowest BCUT2D eigenvalue weighted by molar-refractivity contribution is 0.0689. The van der Waals surface area contributed by atoms with Gasteiger partial charge in [0.2, 0.25) is 0 Å². The molecule has 1 aliphatic rings. The van der Waals surface area contributed by atoms with Gasteiger partial charge in [0, 0.05) is 19.0 Å². The Labute approximate surface area is 111 Å². The molecule has 17 heavy (non-hydrogen) atoms. The fourth-order valence-electron chi connectivity index (χ4n) is 2.25. The van der Waals surface area contributed by atoms with E-state index >= 15 is 0 Å². The van der Waals surface area contributed by atoms with Crippen LogP contribution in [0.4, 0.5) is 0 Å². The number of piperidine rings is 1. The Hall–Kier alpha value is -0.610. The van der Waals surface area contributed by atoms with Crippen LogP contribution >= 0.6 is 22.9 Å². The first-order valence-electron chi connectivity index (χ1n) is 5.91. The highest BCUT2D eigenvalue weighted by Crippen LogP contribution is 2.23. The monoisotopic (exact) mass is 272 g/mol. The molecule has 5 heteroatoms. The molecule has 1 unspecified atom stereocenters. The van der Waals surface area contributed by atoms with Gasteiger partial charge in [0.1, 0.15) is 4.88 Å². The van der Waals surface area contributed by atoms with Crippen molar-refractivity contribution in [3.8, 4) is 0 Å². The summed E-state index contributed by atoms with van der Waals surface area (Å²) in [6.07, 6.45) is 2.19. The van der Waals surface area contributed by atoms with E-state index in [2.05, 4.69) is 4.98 Å². The van der Waals surface area contributed by atoms with Crippen molar-refractivity contribution >= 4 is 28.8 Å². The molecule has 0 saturated carbocycles. The first-order valence-corrected chi connectivity index (χ1v) is 7.26. The van der Waals surface area contributed by atoms with Crippen molar-refractivity contribution in [3.63, 3.8) is 0 Å². The molecule has 1 saturated heterocycles. The summed E-state index contributed by atoms with van der Waals surface area (Å²) in [7, 11) is 0. The van der Waals surface area contributed by atoms with Crippen molar-refractivity contribution in [2.45, 2.75) is 26.7 Å². The van der Waals surface area contributed by atoms with E-state index in [1.165, 1.54) is 11.3 Å².